The van der Waals surface area contributed by atoms with Crippen molar-refractivity contribution in [1.29, 1.82) is 0 Å². The van der Waals surface area contributed by atoms with Crippen LogP contribution in [0.1, 0.15) is 15.9 Å². The molecule has 0 spiro atoms. The molecule has 0 amide bonds. The van der Waals surface area contributed by atoms with Crippen molar-refractivity contribution in [3.63, 3.8) is 0 Å². The smallest absolute Gasteiger partial charge is 0.193 e. The number of aromatic amines is 1. The van der Waals surface area contributed by atoms with E-state index in [9.17, 15) is 4.79 Å². The van der Waals surface area contributed by atoms with E-state index in [0.29, 0.717) is 11.1 Å². The van der Waals surface area contributed by atoms with Gasteiger partial charge in [0.25, 0.3) is 0 Å². The third kappa shape index (κ3) is 2.31. The lowest BCUT2D eigenvalue weighted by atomic mass is 10.0. The summed E-state index contributed by atoms with van der Waals surface area (Å²) >= 11 is 0. The summed E-state index contributed by atoms with van der Waals surface area (Å²) in [7, 11) is 0. The molecule has 0 aliphatic rings. The minimum Gasteiger partial charge on any atom is -0.345 e. The number of carbonyl (C=O) groups is 1. The fourth-order valence-electron chi connectivity index (χ4n) is 1.96. The molecule has 0 aliphatic heterocycles. The van der Waals surface area contributed by atoms with Gasteiger partial charge in [-0.05, 0) is 0 Å². The van der Waals surface area contributed by atoms with Crippen LogP contribution in [0.25, 0.3) is 11.4 Å². The minimum absolute atomic E-state index is 0.0339. The number of imidazole rings is 1. The van der Waals surface area contributed by atoms with Crippen LogP contribution in [0, 0.1) is 0 Å². The molecule has 0 atom stereocenters. The summed E-state index contributed by atoms with van der Waals surface area (Å²) in [5, 5.41) is 0. The van der Waals surface area contributed by atoms with Gasteiger partial charge in [0.1, 0.15) is 5.82 Å². The van der Waals surface area contributed by atoms with Gasteiger partial charge in [-0.3, -0.25) is 4.79 Å². The van der Waals surface area contributed by atoms with Crippen molar-refractivity contribution in [3.8, 4) is 11.4 Å². The number of aromatic nitrogens is 2. The van der Waals surface area contributed by atoms with Gasteiger partial charge in [-0.2, -0.15) is 0 Å². The summed E-state index contributed by atoms with van der Waals surface area (Å²) in [5.74, 6) is 0.838. The lowest BCUT2D eigenvalue weighted by Crippen LogP contribution is -2.00. The molecule has 1 heterocycles. The maximum Gasteiger partial charge on any atom is 0.193 e. The molecule has 0 unspecified atom stereocenters. The topological polar surface area (TPSA) is 45.8 Å². The monoisotopic (exact) mass is 248 g/mol. The standard InChI is InChI=1S/C16H12N2O/c19-15(12-4-2-1-3-5-12)13-6-8-14(9-7-13)16-17-10-11-18-16/h1-11H,(H,17,18). The molecule has 0 bridgehead atoms. The molecule has 3 rings (SSSR count). The Morgan fingerprint density at radius 2 is 1.58 bits per heavy atom. The molecule has 0 saturated heterocycles. The number of nitrogens with one attached hydrogen (secondary N) is 1. The number of rotatable bonds is 3. The molecule has 0 fully saturated rings. The second kappa shape index (κ2) is 4.90. The third-order valence-corrected chi connectivity index (χ3v) is 2.95. The maximum absolute atomic E-state index is 12.2. The molecule has 1 aromatic heterocycles. The first kappa shape index (κ1) is 11.4. The summed E-state index contributed by atoms with van der Waals surface area (Å²) < 4.78 is 0. The van der Waals surface area contributed by atoms with Crippen molar-refractivity contribution in [2.45, 2.75) is 0 Å². The van der Waals surface area contributed by atoms with E-state index in [4.69, 9.17) is 0 Å². The molecule has 92 valence electrons. The lowest BCUT2D eigenvalue weighted by Gasteiger charge is -2.02. The highest BCUT2D eigenvalue weighted by Gasteiger charge is 2.08. The third-order valence-electron chi connectivity index (χ3n) is 2.95. The first-order valence-corrected chi connectivity index (χ1v) is 6.04. The van der Waals surface area contributed by atoms with Gasteiger partial charge in [0.05, 0.1) is 0 Å². The molecule has 0 aliphatic carbocycles. The van der Waals surface area contributed by atoms with Crippen molar-refractivity contribution in [2.75, 3.05) is 0 Å². The minimum atomic E-state index is 0.0339. The Morgan fingerprint density at radius 1 is 0.895 bits per heavy atom. The van der Waals surface area contributed by atoms with Crippen LogP contribution >= 0.6 is 0 Å². The van der Waals surface area contributed by atoms with Crippen LogP contribution in [0.3, 0.4) is 0 Å². The molecule has 1 N–H and O–H groups in total. The summed E-state index contributed by atoms with van der Waals surface area (Å²) in [6.45, 7) is 0. The molecule has 2 aromatic carbocycles. The van der Waals surface area contributed by atoms with Crippen molar-refractivity contribution in [2.24, 2.45) is 0 Å². The number of hydrogen-bond acceptors (Lipinski definition) is 2. The van der Waals surface area contributed by atoms with E-state index in [-0.39, 0.29) is 5.78 Å². The van der Waals surface area contributed by atoms with Gasteiger partial charge in [0, 0.05) is 29.1 Å². The molecule has 3 nitrogen and oxygen atoms in total. The number of carbonyl (C=O) groups excluding carboxylic acids is 1. The largest absolute Gasteiger partial charge is 0.345 e. The Kier molecular flexibility index (Phi) is 2.94. The predicted octanol–water partition coefficient (Wildman–Crippen LogP) is 3.31. The van der Waals surface area contributed by atoms with Gasteiger partial charge in [-0.15, -0.1) is 0 Å². The van der Waals surface area contributed by atoms with Gasteiger partial charge in [0.2, 0.25) is 0 Å². The van der Waals surface area contributed by atoms with E-state index in [2.05, 4.69) is 9.97 Å². The molecule has 3 heteroatoms. The predicted molar refractivity (Wildman–Crippen MR) is 73.9 cm³/mol. The highest BCUT2D eigenvalue weighted by molar-refractivity contribution is 6.09. The Bertz CT molecular complexity index is 671. The van der Waals surface area contributed by atoms with E-state index >= 15 is 0 Å². The highest BCUT2D eigenvalue weighted by atomic mass is 16.1. The van der Waals surface area contributed by atoms with Crippen molar-refractivity contribution in [1.82, 2.24) is 9.97 Å². The van der Waals surface area contributed by atoms with Crippen molar-refractivity contribution >= 4 is 5.78 Å². The van der Waals surface area contributed by atoms with E-state index in [1.807, 2.05) is 54.6 Å². The number of nitrogens with zero attached hydrogens (tertiary/aromatic N) is 1. The summed E-state index contributed by atoms with van der Waals surface area (Å²) in [4.78, 5) is 19.4. The molecule has 19 heavy (non-hydrogen) atoms. The molecular formula is C16H12N2O. The average molecular weight is 248 g/mol. The quantitative estimate of drug-likeness (QED) is 0.723. The van der Waals surface area contributed by atoms with Crippen LogP contribution in [-0.2, 0) is 0 Å². The summed E-state index contributed by atoms with van der Waals surface area (Å²) in [6, 6.07) is 16.7. The lowest BCUT2D eigenvalue weighted by molar-refractivity contribution is 0.103. The second-order valence-electron chi connectivity index (χ2n) is 4.21. The van der Waals surface area contributed by atoms with Crippen LogP contribution in [0.15, 0.2) is 67.0 Å². The van der Waals surface area contributed by atoms with E-state index in [0.717, 1.165) is 11.4 Å². The van der Waals surface area contributed by atoms with Gasteiger partial charge >= 0.3 is 0 Å². The fourth-order valence-corrected chi connectivity index (χ4v) is 1.96. The van der Waals surface area contributed by atoms with E-state index in [1.165, 1.54) is 0 Å². The van der Waals surface area contributed by atoms with Crippen molar-refractivity contribution < 1.29 is 4.79 Å². The SMILES string of the molecule is O=C(c1ccccc1)c1ccc(-c2ncc[nH]2)cc1. The molecule has 0 radical (unpaired) electrons. The first-order valence-electron chi connectivity index (χ1n) is 6.04. The average Bonchev–Trinajstić information content (AvgIpc) is 3.02. The van der Waals surface area contributed by atoms with Crippen molar-refractivity contribution in [3.05, 3.63) is 78.1 Å². The zero-order chi connectivity index (χ0) is 13.1. The van der Waals surface area contributed by atoms with Crippen LogP contribution in [-0.4, -0.2) is 15.8 Å². The van der Waals surface area contributed by atoms with Crippen LogP contribution in [0.4, 0.5) is 0 Å². The summed E-state index contributed by atoms with van der Waals surface area (Å²) in [6.07, 6.45) is 3.48. The Balaban J connectivity index is 1.89. The highest BCUT2D eigenvalue weighted by Crippen LogP contribution is 2.17. The zero-order valence-corrected chi connectivity index (χ0v) is 10.2. The van der Waals surface area contributed by atoms with Gasteiger partial charge < -0.3 is 4.98 Å². The number of ketones is 1. The van der Waals surface area contributed by atoms with Crippen LogP contribution in [0.5, 0.6) is 0 Å². The van der Waals surface area contributed by atoms with Gasteiger partial charge in [-0.1, -0.05) is 54.6 Å². The second-order valence-corrected chi connectivity index (χ2v) is 4.21. The Hall–Kier alpha value is -2.68. The number of benzene rings is 2. The van der Waals surface area contributed by atoms with Gasteiger partial charge in [0.15, 0.2) is 5.78 Å². The number of hydrogen-bond donors (Lipinski definition) is 1. The molecule has 3 aromatic rings. The molecular weight excluding hydrogens is 236 g/mol. The Morgan fingerprint density at radius 3 is 2.21 bits per heavy atom. The zero-order valence-electron chi connectivity index (χ0n) is 10.2. The van der Waals surface area contributed by atoms with E-state index < -0.39 is 0 Å². The van der Waals surface area contributed by atoms with Gasteiger partial charge in [-0.25, -0.2) is 4.98 Å². The maximum atomic E-state index is 12.2. The van der Waals surface area contributed by atoms with E-state index in [1.54, 1.807) is 12.4 Å². The normalized spacial score (nSPS) is 10.3. The molecule has 0 saturated carbocycles. The summed E-state index contributed by atoms with van der Waals surface area (Å²) in [5.41, 5.74) is 2.35. The first-order chi connectivity index (χ1) is 9.34. The fraction of sp³-hybridized carbons (Fsp3) is 0. The number of H-pyrrole nitrogens is 1. The Labute approximate surface area is 111 Å². The van der Waals surface area contributed by atoms with Crippen LogP contribution in [0.2, 0.25) is 0 Å². The van der Waals surface area contributed by atoms with Crippen LogP contribution < -0.4 is 0 Å².